The van der Waals surface area contributed by atoms with Crippen molar-refractivity contribution in [3.05, 3.63) is 23.8 Å². The molecule has 142 valence electrons. The van der Waals surface area contributed by atoms with Crippen molar-refractivity contribution >= 4 is 5.91 Å². The fourth-order valence-electron chi connectivity index (χ4n) is 2.45. The molecule has 0 aliphatic rings. The molecular formula is C20H34N2O3. The van der Waals surface area contributed by atoms with Crippen LogP contribution in [0.5, 0.6) is 11.5 Å². The van der Waals surface area contributed by atoms with Gasteiger partial charge in [0, 0.05) is 12.1 Å². The minimum atomic E-state index is -0.267. The van der Waals surface area contributed by atoms with Crippen molar-refractivity contribution in [1.29, 1.82) is 0 Å². The van der Waals surface area contributed by atoms with Gasteiger partial charge in [-0.1, -0.05) is 32.3 Å². The number of ether oxygens (including phenoxy) is 2. The average molecular weight is 351 g/mol. The van der Waals surface area contributed by atoms with E-state index in [1.807, 2.05) is 39.0 Å². The van der Waals surface area contributed by atoms with Crippen molar-refractivity contribution in [2.75, 3.05) is 20.3 Å². The number of nitrogens with one attached hydrogen (secondary N) is 2. The summed E-state index contributed by atoms with van der Waals surface area (Å²) >= 11 is 0. The molecule has 0 radical (unpaired) electrons. The summed E-state index contributed by atoms with van der Waals surface area (Å²) in [5, 5.41) is 6.32. The number of rotatable bonds is 11. The molecule has 1 aromatic rings. The van der Waals surface area contributed by atoms with Crippen LogP contribution in [-0.2, 0) is 11.3 Å². The summed E-state index contributed by atoms with van der Waals surface area (Å²) in [5.41, 5.74) is 0.871. The van der Waals surface area contributed by atoms with Crippen molar-refractivity contribution in [2.24, 2.45) is 0 Å². The lowest BCUT2D eigenvalue weighted by molar-refractivity contribution is -0.124. The van der Waals surface area contributed by atoms with E-state index < -0.39 is 0 Å². The first-order valence-corrected chi connectivity index (χ1v) is 9.17. The normalized spacial score (nSPS) is 11.2. The lowest BCUT2D eigenvalue weighted by atomic mass is 10.1. The molecule has 1 amide bonds. The fourth-order valence-corrected chi connectivity index (χ4v) is 2.45. The van der Waals surface area contributed by atoms with Crippen molar-refractivity contribution in [1.82, 2.24) is 10.6 Å². The zero-order valence-electron chi connectivity index (χ0n) is 16.4. The van der Waals surface area contributed by atoms with E-state index >= 15 is 0 Å². The van der Waals surface area contributed by atoms with Gasteiger partial charge < -0.3 is 20.1 Å². The second-order valence-corrected chi connectivity index (χ2v) is 7.31. The van der Waals surface area contributed by atoms with Gasteiger partial charge in [0.15, 0.2) is 18.1 Å². The molecule has 0 aliphatic carbocycles. The molecule has 1 rings (SSSR count). The Labute approximate surface area is 152 Å². The molecule has 5 nitrogen and oxygen atoms in total. The molecule has 0 saturated heterocycles. The summed E-state index contributed by atoms with van der Waals surface area (Å²) in [5.74, 6) is 1.08. The third-order valence-corrected chi connectivity index (χ3v) is 3.64. The highest BCUT2D eigenvalue weighted by Gasteiger charge is 2.15. The highest BCUT2D eigenvalue weighted by atomic mass is 16.5. The Kier molecular flexibility index (Phi) is 9.35. The van der Waals surface area contributed by atoms with E-state index in [2.05, 4.69) is 17.6 Å². The summed E-state index contributed by atoms with van der Waals surface area (Å²) in [4.78, 5) is 11.9. The molecule has 0 aromatic heterocycles. The predicted octanol–water partition coefficient (Wildman–Crippen LogP) is 3.66. The van der Waals surface area contributed by atoms with Crippen LogP contribution in [-0.4, -0.2) is 31.7 Å². The van der Waals surface area contributed by atoms with Crippen LogP contribution in [0.4, 0.5) is 0 Å². The van der Waals surface area contributed by atoms with Gasteiger partial charge >= 0.3 is 0 Å². The highest BCUT2D eigenvalue weighted by molar-refractivity contribution is 5.78. The minimum absolute atomic E-state index is 0.0251. The summed E-state index contributed by atoms with van der Waals surface area (Å²) in [6.07, 6.45) is 5.03. The number of benzene rings is 1. The highest BCUT2D eigenvalue weighted by Crippen LogP contribution is 2.28. The van der Waals surface area contributed by atoms with Gasteiger partial charge in [-0.25, -0.2) is 0 Å². The molecule has 0 atom stereocenters. The van der Waals surface area contributed by atoms with E-state index in [1.165, 1.54) is 25.7 Å². The summed E-state index contributed by atoms with van der Waals surface area (Å²) in [6, 6.07) is 5.81. The molecule has 25 heavy (non-hydrogen) atoms. The Hall–Kier alpha value is -1.75. The summed E-state index contributed by atoms with van der Waals surface area (Å²) in [6.45, 7) is 9.83. The van der Waals surface area contributed by atoms with Crippen LogP contribution in [0.3, 0.4) is 0 Å². The van der Waals surface area contributed by atoms with Crippen molar-refractivity contribution in [3.63, 3.8) is 0 Å². The van der Waals surface area contributed by atoms with E-state index in [4.69, 9.17) is 9.47 Å². The zero-order chi connectivity index (χ0) is 18.7. The molecule has 0 saturated carbocycles. The van der Waals surface area contributed by atoms with Crippen LogP contribution in [0, 0.1) is 0 Å². The van der Waals surface area contributed by atoms with Crippen LogP contribution in [0.25, 0.3) is 0 Å². The van der Waals surface area contributed by atoms with E-state index in [-0.39, 0.29) is 18.1 Å². The first-order chi connectivity index (χ1) is 11.9. The molecule has 0 heterocycles. The maximum absolute atomic E-state index is 11.9. The molecule has 0 aliphatic heterocycles. The standard InChI is InChI=1S/C20H34N2O3/c1-6-7-8-9-12-21-14-16-10-11-17(18(13-16)24-5)25-15-19(23)22-20(2,3)4/h10-11,13,21H,6-9,12,14-15H2,1-5H3,(H,22,23). The van der Waals surface area contributed by atoms with E-state index in [1.54, 1.807) is 7.11 Å². The van der Waals surface area contributed by atoms with Gasteiger partial charge in [0.05, 0.1) is 7.11 Å². The molecule has 0 spiro atoms. The number of methoxy groups -OCH3 is 1. The topological polar surface area (TPSA) is 59.6 Å². The fraction of sp³-hybridized carbons (Fsp3) is 0.650. The maximum atomic E-state index is 11.9. The Morgan fingerprint density at radius 3 is 2.52 bits per heavy atom. The molecule has 2 N–H and O–H groups in total. The first kappa shape index (κ1) is 21.3. The third kappa shape index (κ3) is 9.34. The number of hydrogen-bond donors (Lipinski definition) is 2. The lowest BCUT2D eigenvalue weighted by Crippen LogP contribution is -2.43. The maximum Gasteiger partial charge on any atom is 0.258 e. The van der Waals surface area contributed by atoms with Gasteiger partial charge in [0.1, 0.15) is 0 Å². The molecular weight excluding hydrogens is 316 g/mol. The molecule has 0 fully saturated rings. The van der Waals surface area contributed by atoms with Gasteiger partial charge in [0.2, 0.25) is 0 Å². The number of carbonyl (C=O) groups is 1. The van der Waals surface area contributed by atoms with Crippen LogP contribution >= 0.6 is 0 Å². The number of hydrogen-bond acceptors (Lipinski definition) is 4. The molecule has 1 aromatic carbocycles. The van der Waals surface area contributed by atoms with E-state index in [9.17, 15) is 4.79 Å². The van der Waals surface area contributed by atoms with Gasteiger partial charge in [-0.3, -0.25) is 4.79 Å². The average Bonchev–Trinajstić information content (AvgIpc) is 2.55. The lowest BCUT2D eigenvalue weighted by Gasteiger charge is -2.20. The predicted molar refractivity (Wildman–Crippen MR) is 102 cm³/mol. The Bertz CT molecular complexity index is 524. The van der Waals surface area contributed by atoms with Crippen LogP contribution < -0.4 is 20.1 Å². The Morgan fingerprint density at radius 1 is 1.12 bits per heavy atom. The largest absolute Gasteiger partial charge is 0.493 e. The minimum Gasteiger partial charge on any atom is -0.493 e. The number of carbonyl (C=O) groups excluding carboxylic acids is 1. The Balaban J connectivity index is 2.47. The summed E-state index contributed by atoms with van der Waals surface area (Å²) < 4.78 is 11.0. The Morgan fingerprint density at radius 2 is 1.88 bits per heavy atom. The summed E-state index contributed by atoms with van der Waals surface area (Å²) in [7, 11) is 1.61. The van der Waals surface area contributed by atoms with Crippen LogP contribution in [0.1, 0.15) is 58.9 Å². The van der Waals surface area contributed by atoms with Crippen molar-refractivity contribution in [3.8, 4) is 11.5 Å². The number of amides is 1. The second kappa shape index (κ2) is 11.0. The van der Waals surface area contributed by atoms with E-state index in [0.717, 1.165) is 18.7 Å². The molecule has 0 unspecified atom stereocenters. The quantitative estimate of drug-likeness (QED) is 0.598. The second-order valence-electron chi connectivity index (χ2n) is 7.31. The van der Waals surface area contributed by atoms with Gasteiger partial charge in [0.25, 0.3) is 5.91 Å². The third-order valence-electron chi connectivity index (χ3n) is 3.64. The van der Waals surface area contributed by atoms with Gasteiger partial charge in [-0.15, -0.1) is 0 Å². The molecule has 5 heteroatoms. The first-order valence-electron chi connectivity index (χ1n) is 9.17. The van der Waals surface area contributed by atoms with E-state index in [0.29, 0.717) is 11.5 Å². The number of unbranched alkanes of at least 4 members (excludes halogenated alkanes) is 3. The smallest absolute Gasteiger partial charge is 0.258 e. The van der Waals surface area contributed by atoms with Crippen molar-refractivity contribution < 1.29 is 14.3 Å². The van der Waals surface area contributed by atoms with Gasteiger partial charge in [-0.2, -0.15) is 0 Å². The van der Waals surface area contributed by atoms with Crippen LogP contribution in [0.2, 0.25) is 0 Å². The van der Waals surface area contributed by atoms with Gasteiger partial charge in [-0.05, 0) is 51.4 Å². The van der Waals surface area contributed by atoms with Crippen LogP contribution in [0.15, 0.2) is 18.2 Å². The van der Waals surface area contributed by atoms with Crippen molar-refractivity contribution in [2.45, 2.75) is 65.5 Å². The molecule has 0 bridgehead atoms. The SMILES string of the molecule is CCCCCCNCc1ccc(OCC(=O)NC(C)(C)C)c(OC)c1. The monoisotopic (exact) mass is 350 g/mol. The zero-order valence-corrected chi connectivity index (χ0v) is 16.4.